The summed E-state index contributed by atoms with van der Waals surface area (Å²) in [5, 5.41) is 0. The van der Waals surface area contributed by atoms with E-state index in [-0.39, 0.29) is 0 Å². The zero-order chi connectivity index (χ0) is 18.5. The maximum atomic E-state index is 14.2. The van der Waals surface area contributed by atoms with Crippen molar-refractivity contribution in [3.8, 4) is 0 Å². The van der Waals surface area contributed by atoms with Crippen LogP contribution in [0.1, 0.15) is 89.2 Å². The summed E-state index contributed by atoms with van der Waals surface area (Å²) in [6.45, 7) is 4.20. The van der Waals surface area contributed by atoms with Crippen molar-refractivity contribution >= 4 is 0 Å². The minimum atomic E-state index is -0.628. The van der Waals surface area contributed by atoms with Crippen LogP contribution in [-0.2, 0) is 12.8 Å². The highest BCUT2D eigenvalue weighted by atomic mass is 19.2. The highest BCUT2D eigenvalue weighted by Gasteiger charge is 2.30. The second-order valence-electron chi connectivity index (χ2n) is 8.87. The average Bonchev–Trinajstić information content (AvgIpc) is 2.70. The number of rotatable bonds is 6. The molecule has 0 unspecified atom stereocenters. The van der Waals surface area contributed by atoms with Crippen molar-refractivity contribution in [2.75, 3.05) is 0 Å². The lowest BCUT2D eigenvalue weighted by molar-refractivity contribution is 0.142. The van der Waals surface area contributed by atoms with Gasteiger partial charge in [-0.15, -0.1) is 0 Å². The third-order valence-corrected chi connectivity index (χ3v) is 7.47. The van der Waals surface area contributed by atoms with E-state index >= 15 is 0 Å². The Bertz CT molecular complexity index is 564. The van der Waals surface area contributed by atoms with E-state index in [0.717, 1.165) is 24.2 Å². The summed E-state index contributed by atoms with van der Waals surface area (Å²) in [6.07, 6.45) is 14.7. The molecular formula is C24H36F2. The molecule has 2 saturated carbocycles. The number of hydrogen-bond donors (Lipinski definition) is 0. The van der Waals surface area contributed by atoms with Crippen LogP contribution < -0.4 is 0 Å². The Morgan fingerprint density at radius 2 is 1.23 bits per heavy atom. The van der Waals surface area contributed by atoms with Crippen molar-refractivity contribution in [2.45, 2.75) is 90.9 Å². The van der Waals surface area contributed by atoms with Crippen molar-refractivity contribution in [3.63, 3.8) is 0 Å². The number of hydrogen-bond acceptors (Lipinski definition) is 0. The smallest absolute Gasteiger partial charge is 0.162 e. The molecule has 3 rings (SSSR count). The standard InChI is InChI=1S/C24H36F2/c1-3-17-5-10-20(11-6-17)21-12-7-18(8-13-21)9-14-22-16-15-19(4-2)23(25)24(22)26/h15-18,20-21H,3-14H2,1-2H3. The van der Waals surface area contributed by atoms with Gasteiger partial charge in [-0.2, -0.15) is 0 Å². The lowest BCUT2D eigenvalue weighted by Crippen LogP contribution is -2.25. The molecule has 0 atom stereocenters. The van der Waals surface area contributed by atoms with Crippen LogP contribution in [0.15, 0.2) is 12.1 Å². The van der Waals surface area contributed by atoms with E-state index in [9.17, 15) is 8.78 Å². The van der Waals surface area contributed by atoms with Crippen LogP contribution in [0.5, 0.6) is 0 Å². The molecule has 1 aromatic rings. The molecule has 0 bridgehead atoms. The molecule has 0 nitrogen and oxygen atoms in total. The predicted octanol–water partition coefficient (Wildman–Crippen LogP) is 7.48. The van der Waals surface area contributed by atoms with Crippen molar-refractivity contribution in [2.24, 2.45) is 23.7 Å². The lowest BCUT2D eigenvalue weighted by Gasteiger charge is -2.37. The summed E-state index contributed by atoms with van der Waals surface area (Å²) in [5.41, 5.74) is 1.06. The number of aryl methyl sites for hydroxylation is 2. The molecule has 26 heavy (non-hydrogen) atoms. The highest BCUT2D eigenvalue weighted by molar-refractivity contribution is 5.26. The normalized spacial score (nSPS) is 29.7. The molecule has 0 aromatic heterocycles. The summed E-state index contributed by atoms with van der Waals surface area (Å²) in [5.74, 6) is 2.35. The third kappa shape index (κ3) is 4.67. The third-order valence-electron chi connectivity index (χ3n) is 7.47. The summed E-state index contributed by atoms with van der Waals surface area (Å²) < 4.78 is 28.2. The molecule has 2 fully saturated rings. The van der Waals surface area contributed by atoms with Gasteiger partial charge >= 0.3 is 0 Å². The van der Waals surface area contributed by atoms with Crippen molar-refractivity contribution in [1.82, 2.24) is 0 Å². The van der Waals surface area contributed by atoms with Crippen LogP contribution in [0.4, 0.5) is 8.78 Å². The number of halogens is 2. The average molecular weight is 363 g/mol. The molecule has 0 amide bonds. The van der Waals surface area contributed by atoms with Gasteiger partial charge in [0.25, 0.3) is 0 Å². The van der Waals surface area contributed by atoms with E-state index in [1.807, 2.05) is 6.92 Å². The molecule has 2 aliphatic carbocycles. The van der Waals surface area contributed by atoms with Crippen LogP contribution >= 0.6 is 0 Å². The van der Waals surface area contributed by atoms with Crippen molar-refractivity contribution in [1.29, 1.82) is 0 Å². The van der Waals surface area contributed by atoms with Gasteiger partial charge in [0, 0.05) is 0 Å². The molecule has 146 valence electrons. The van der Waals surface area contributed by atoms with E-state index in [0.29, 0.717) is 29.9 Å². The monoisotopic (exact) mass is 362 g/mol. The Labute approximate surface area is 158 Å². The molecule has 0 spiro atoms. The molecule has 1 aromatic carbocycles. The minimum absolute atomic E-state index is 0.490. The van der Waals surface area contributed by atoms with Gasteiger partial charge in [0.05, 0.1) is 0 Å². The van der Waals surface area contributed by atoms with Gasteiger partial charge in [-0.1, -0.05) is 58.1 Å². The minimum Gasteiger partial charge on any atom is -0.203 e. The maximum Gasteiger partial charge on any atom is 0.162 e. The Balaban J connectivity index is 1.44. The molecule has 0 N–H and O–H groups in total. The van der Waals surface area contributed by atoms with Crippen molar-refractivity contribution in [3.05, 3.63) is 34.9 Å². The van der Waals surface area contributed by atoms with Crippen LogP contribution in [0.25, 0.3) is 0 Å². The van der Waals surface area contributed by atoms with Crippen molar-refractivity contribution < 1.29 is 8.78 Å². The van der Waals surface area contributed by atoms with Gasteiger partial charge < -0.3 is 0 Å². The van der Waals surface area contributed by atoms with Gasteiger partial charge in [-0.25, -0.2) is 8.78 Å². The summed E-state index contributed by atoms with van der Waals surface area (Å²) in [7, 11) is 0. The first-order chi connectivity index (χ1) is 12.6. The predicted molar refractivity (Wildman–Crippen MR) is 105 cm³/mol. The first kappa shape index (κ1) is 19.8. The maximum absolute atomic E-state index is 14.2. The van der Waals surface area contributed by atoms with Gasteiger partial charge in [0.2, 0.25) is 0 Å². The van der Waals surface area contributed by atoms with Crippen LogP contribution in [0.3, 0.4) is 0 Å². The van der Waals surface area contributed by atoms with E-state index in [1.54, 1.807) is 12.1 Å². The molecule has 2 heteroatoms. The first-order valence-corrected chi connectivity index (χ1v) is 11.1. The fraction of sp³-hybridized carbons (Fsp3) is 0.750. The zero-order valence-electron chi connectivity index (χ0n) is 16.7. The molecular weight excluding hydrogens is 326 g/mol. The van der Waals surface area contributed by atoms with E-state index in [1.165, 1.54) is 57.8 Å². The fourth-order valence-corrected chi connectivity index (χ4v) is 5.47. The quantitative estimate of drug-likeness (QED) is 0.492. The SMILES string of the molecule is CCc1ccc(CCC2CCC(C3CCC(CC)CC3)CC2)c(F)c1F. The van der Waals surface area contributed by atoms with E-state index in [4.69, 9.17) is 0 Å². The molecule has 0 saturated heterocycles. The molecule has 0 heterocycles. The van der Waals surface area contributed by atoms with Gasteiger partial charge in [-0.3, -0.25) is 0 Å². The Hall–Kier alpha value is -0.920. The van der Waals surface area contributed by atoms with Gasteiger partial charge in [0.1, 0.15) is 0 Å². The second kappa shape index (κ2) is 9.33. The summed E-state index contributed by atoms with van der Waals surface area (Å²) >= 11 is 0. The first-order valence-electron chi connectivity index (χ1n) is 11.1. The zero-order valence-corrected chi connectivity index (χ0v) is 16.7. The van der Waals surface area contributed by atoms with Crippen LogP contribution in [-0.4, -0.2) is 0 Å². The lowest BCUT2D eigenvalue weighted by atomic mass is 9.68. The fourth-order valence-electron chi connectivity index (χ4n) is 5.47. The summed E-state index contributed by atoms with van der Waals surface area (Å²) in [6, 6.07) is 3.56. The largest absolute Gasteiger partial charge is 0.203 e. The Morgan fingerprint density at radius 3 is 1.77 bits per heavy atom. The Kier molecular flexibility index (Phi) is 7.12. The molecule has 0 radical (unpaired) electrons. The van der Waals surface area contributed by atoms with E-state index < -0.39 is 11.6 Å². The summed E-state index contributed by atoms with van der Waals surface area (Å²) in [4.78, 5) is 0. The van der Waals surface area contributed by atoms with Gasteiger partial charge in [0.15, 0.2) is 11.6 Å². The van der Waals surface area contributed by atoms with Crippen LogP contribution in [0.2, 0.25) is 0 Å². The topological polar surface area (TPSA) is 0 Å². The van der Waals surface area contributed by atoms with Gasteiger partial charge in [-0.05, 0) is 79.7 Å². The second-order valence-corrected chi connectivity index (χ2v) is 8.87. The highest BCUT2D eigenvalue weighted by Crippen LogP contribution is 2.42. The Morgan fingerprint density at radius 1 is 0.731 bits per heavy atom. The number of benzene rings is 1. The molecule has 2 aliphatic rings. The molecule has 0 aliphatic heterocycles. The van der Waals surface area contributed by atoms with Crippen LogP contribution in [0, 0.1) is 35.3 Å². The van der Waals surface area contributed by atoms with E-state index in [2.05, 4.69) is 6.92 Å².